The molecular formula is C18H26N2O2. The molecule has 3 rings (SSSR count). The second kappa shape index (κ2) is 7.25. The number of carboxylic acid groups (broad SMARTS) is 1. The van der Waals surface area contributed by atoms with Gasteiger partial charge in [0.25, 0.3) is 0 Å². The maximum absolute atomic E-state index is 10.8. The fourth-order valence-corrected chi connectivity index (χ4v) is 3.52. The maximum atomic E-state index is 10.8. The van der Waals surface area contributed by atoms with Crippen LogP contribution in [0.2, 0.25) is 0 Å². The van der Waals surface area contributed by atoms with Crippen molar-refractivity contribution in [3.63, 3.8) is 0 Å². The fourth-order valence-electron chi connectivity index (χ4n) is 3.52. The van der Waals surface area contributed by atoms with Crippen LogP contribution in [-0.2, 0) is 11.3 Å². The Morgan fingerprint density at radius 2 is 2.00 bits per heavy atom. The number of nitrogens with zero attached hydrogens (tertiary/aromatic N) is 1. The zero-order valence-electron chi connectivity index (χ0n) is 13.1. The molecule has 22 heavy (non-hydrogen) atoms. The van der Waals surface area contributed by atoms with Crippen molar-refractivity contribution in [3.05, 3.63) is 35.9 Å². The Balaban J connectivity index is 1.53. The molecule has 0 bridgehead atoms. The zero-order chi connectivity index (χ0) is 15.4. The average Bonchev–Trinajstić information content (AvgIpc) is 3.37. The third kappa shape index (κ3) is 4.55. The summed E-state index contributed by atoms with van der Waals surface area (Å²) in [6.07, 6.45) is 4.84. The summed E-state index contributed by atoms with van der Waals surface area (Å²) in [5.41, 5.74) is 1.31. The van der Waals surface area contributed by atoms with E-state index in [1.807, 2.05) is 6.07 Å². The van der Waals surface area contributed by atoms with Gasteiger partial charge in [0.1, 0.15) is 0 Å². The van der Waals surface area contributed by atoms with E-state index in [-0.39, 0.29) is 0 Å². The summed E-state index contributed by atoms with van der Waals surface area (Å²) in [5.74, 6) is -0.156. The second-order valence-corrected chi connectivity index (χ2v) is 6.78. The lowest BCUT2D eigenvalue weighted by Crippen LogP contribution is -2.49. The Bertz CT molecular complexity index is 487. The molecule has 0 spiro atoms. The summed E-state index contributed by atoms with van der Waals surface area (Å²) in [6.45, 7) is 3.10. The van der Waals surface area contributed by atoms with Crippen LogP contribution in [0.5, 0.6) is 0 Å². The number of carbonyl (C=O) groups is 1. The van der Waals surface area contributed by atoms with Gasteiger partial charge in [0.2, 0.25) is 0 Å². The van der Waals surface area contributed by atoms with Crippen LogP contribution in [0, 0.1) is 5.92 Å². The summed E-state index contributed by atoms with van der Waals surface area (Å²) in [5, 5.41) is 12.6. The highest BCUT2D eigenvalue weighted by atomic mass is 16.4. The van der Waals surface area contributed by atoms with Gasteiger partial charge in [0.15, 0.2) is 0 Å². The Morgan fingerprint density at radius 1 is 1.23 bits per heavy atom. The second-order valence-electron chi connectivity index (χ2n) is 6.78. The SMILES string of the molecule is O=C(O)CCC1CC(NCc2ccccc2)CN(C2CC2)C1. The molecule has 1 aromatic rings. The largest absolute Gasteiger partial charge is 0.481 e. The minimum Gasteiger partial charge on any atom is -0.481 e. The van der Waals surface area contributed by atoms with Gasteiger partial charge in [-0.25, -0.2) is 0 Å². The number of benzene rings is 1. The lowest BCUT2D eigenvalue weighted by Gasteiger charge is -2.38. The van der Waals surface area contributed by atoms with E-state index in [4.69, 9.17) is 5.11 Å². The van der Waals surface area contributed by atoms with Gasteiger partial charge in [-0.3, -0.25) is 9.69 Å². The summed E-state index contributed by atoms with van der Waals surface area (Å²) >= 11 is 0. The molecule has 0 radical (unpaired) electrons. The van der Waals surface area contributed by atoms with Crippen molar-refractivity contribution in [2.75, 3.05) is 13.1 Å². The topological polar surface area (TPSA) is 52.6 Å². The normalized spacial score (nSPS) is 26.0. The highest BCUT2D eigenvalue weighted by Gasteiger charge is 2.35. The lowest BCUT2D eigenvalue weighted by atomic mass is 9.90. The van der Waals surface area contributed by atoms with Crippen LogP contribution < -0.4 is 5.32 Å². The molecule has 1 aliphatic heterocycles. The standard InChI is InChI=1S/C18H26N2O2/c21-18(22)9-6-15-10-16(13-20(12-15)17-7-8-17)19-11-14-4-2-1-3-5-14/h1-5,15-17,19H,6-13H2,(H,21,22). The van der Waals surface area contributed by atoms with Crippen LogP contribution in [-0.4, -0.2) is 41.1 Å². The number of hydrogen-bond donors (Lipinski definition) is 2. The summed E-state index contributed by atoms with van der Waals surface area (Å²) in [7, 11) is 0. The Hall–Kier alpha value is -1.39. The molecule has 2 aliphatic rings. The molecule has 4 nitrogen and oxygen atoms in total. The summed E-state index contributed by atoms with van der Waals surface area (Å²) in [4.78, 5) is 13.4. The summed E-state index contributed by atoms with van der Waals surface area (Å²) in [6, 6.07) is 11.7. The minimum absolute atomic E-state index is 0.300. The predicted octanol–water partition coefficient (Wildman–Crippen LogP) is 2.49. The molecule has 1 aliphatic carbocycles. The smallest absolute Gasteiger partial charge is 0.303 e. The molecule has 1 saturated heterocycles. The Kier molecular flexibility index (Phi) is 5.11. The Morgan fingerprint density at radius 3 is 2.68 bits per heavy atom. The number of rotatable bonds is 7. The average molecular weight is 302 g/mol. The van der Waals surface area contributed by atoms with E-state index in [0.29, 0.717) is 18.4 Å². The van der Waals surface area contributed by atoms with Crippen LogP contribution in [0.4, 0.5) is 0 Å². The molecule has 2 atom stereocenters. The van der Waals surface area contributed by atoms with Crippen LogP contribution in [0.1, 0.15) is 37.7 Å². The predicted molar refractivity (Wildman–Crippen MR) is 86.6 cm³/mol. The lowest BCUT2D eigenvalue weighted by molar-refractivity contribution is -0.137. The van der Waals surface area contributed by atoms with Crippen molar-refractivity contribution in [3.8, 4) is 0 Å². The third-order valence-electron chi connectivity index (χ3n) is 4.83. The maximum Gasteiger partial charge on any atom is 0.303 e. The summed E-state index contributed by atoms with van der Waals surface area (Å²) < 4.78 is 0. The van der Waals surface area contributed by atoms with E-state index in [1.54, 1.807) is 0 Å². The van der Waals surface area contributed by atoms with Crippen molar-refractivity contribution < 1.29 is 9.90 Å². The Labute approximate surface area is 132 Å². The first-order chi connectivity index (χ1) is 10.7. The highest BCUT2D eigenvalue weighted by Crippen LogP contribution is 2.32. The molecule has 1 saturated carbocycles. The molecule has 0 aromatic heterocycles. The molecule has 4 heteroatoms. The third-order valence-corrected chi connectivity index (χ3v) is 4.83. The van der Waals surface area contributed by atoms with Gasteiger partial charge in [-0.15, -0.1) is 0 Å². The van der Waals surface area contributed by atoms with Gasteiger partial charge in [-0.2, -0.15) is 0 Å². The highest BCUT2D eigenvalue weighted by molar-refractivity contribution is 5.66. The number of nitrogens with one attached hydrogen (secondary N) is 1. The number of carboxylic acids is 1. The monoisotopic (exact) mass is 302 g/mol. The molecule has 0 amide bonds. The first-order valence-corrected chi connectivity index (χ1v) is 8.44. The van der Waals surface area contributed by atoms with Gasteiger partial charge < -0.3 is 10.4 Å². The number of hydrogen-bond acceptors (Lipinski definition) is 3. The van der Waals surface area contributed by atoms with Crippen molar-refractivity contribution in [2.45, 2.75) is 50.7 Å². The molecule has 2 N–H and O–H groups in total. The minimum atomic E-state index is -0.669. The quantitative estimate of drug-likeness (QED) is 0.812. The van der Waals surface area contributed by atoms with Crippen LogP contribution >= 0.6 is 0 Å². The molecule has 120 valence electrons. The van der Waals surface area contributed by atoms with Crippen LogP contribution in [0.3, 0.4) is 0 Å². The van der Waals surface area contributed by atoms with E-state index in [0.717, 1.165) is 38.5 Å². The molecule has 2 fully saturated rings. The molecule has 1 heterocycles. The molecule has 2 unspecified atom stereocenters. The zero-order valence-corrected chi connectivity index (χ0v) is 13.1. The van der Waals surface area contributed by atoms with Gasteiger partial charge >= 0.3 is 5.97 Å². The fraction of sp³-hybridized carbons (Fsp3) is 0.611. The molecular weight excluding hydrogens is 276 g/mol. The first-order valence-electron chi connectivity index (χ1n) is 8.44. The van der Waals surface area contributed by atoms with E-state index >= 15 is 0 Å². The van der Waals surface area contributed by atoms with E-state index in [2.05, 4.69) is 34.5 Å². The van der Waals surface area contributed by atoms with E-state index in [9.17, 15) is 4.79 Å². The van der Waals surface area contributed by atoms with Crippen molar-refractivity contribution in [1.29, 1.82) is 0 Å². The molecule has 1 aromatic carbocycles. The van der Waals surface area contributed by atoms with Crippen molar-refractivity contribution in [2.24, 2.45) is 5.92 Å². The van der Waals surface area contributed by atoms with Crippen LogP contribution in [0.15, 0.2) is 30.3 Å². The van der Waals surface area contributed by atoms with Crippen molar-refractivity contribution >= 4 is 5.97 Å². The first kappa shape index (κ1) is 15.5. The van der Waals surface area contributed by atoms with Gasteiger partial charge in [-0.05, 0) is 37.2 Å². The number of aliphatic carboxylic acids is 1. The van der Waals surface area contributed by atoms with E-state index in [1.165, 1.54) is 18.4 Å². The number of piperidine rings is 1. The van der Waals surface area contributed by atoms with Crippen molar-refractivity contribution in [1.82, 2.24) is 10.2 Å². The van der Waals surface area contributed by atoms with Crippen LogP contribution in [0.25, 0.3) is 0 Å². The van der Waals surface area contributed by atoms with Gasteiger partial charge in [0.05, 0.1) is 0 Å². The van der Waals surface area contributed by atoms with Gasteiger partial charge in [0, 0.05) is 38.1 Å². The van der Waals surface area contributed by atoms with Gasteiger partial charge in [-0.1, -0.05) is 30.3 Å². The van der Waals surface area contributed by atoms with E-state index < -0.39 is 5.97 Å². The number of likely N-dealkylation sites (tertiary alicyclic amines) is 1.